The van der Waals surface area contributed by atoms with E-state index in [1.165, 1.54) is 24.0 Å². The quantitative estimate of drug-likeness (QED) is 0.737. The average Bonchev–Trinajstić information content (AvgIpc) is 3.17. The fourth-order valence-corrected chi connectivity index (χ4v) is 3.46. The van der Waals surface area contributed by atoms with Gasteiger partial charge in [-0.15, -0.1) is 12.4 Å². The average molecular weight is 409 g/mol. The number of hydrogen-bond donors (Lipinski definition) is 1. The lowest BCUT2D eigenvalue weighted by atomic mass is 10.0. The van der Waals surface area contributed by atoms with Gasteiger partial charge in [0.25, 0.3) is 5.91 Å². The lowest BCUT2D eigenvalue weighted by Gasteiger charge is -2.28. The topological polar surface area (TPSA) is 41.6 Å². The Hall–Kier alpha value is -1.75. The summed E-state index contributed by atoms with van der Waals surface area (Å²) in [6, 6.07) is 15.9. The van der Waals surface area contributed by atoms with Gasteiger partial charge in [-0.2, -0.15) is 0 Å². The summed E-state index contributed by atoms with van der Waals surface area (Å²) in [6.45, 7) is 4.77. The van der Waals surface area contributed by atoms with Gasteiger partial charge in [-0.05, 0) is 50.6 Å². The first-order valence-electron chi connectivity index (χ1n) is 9.08. The number of halogens is 2. The Morgan fingerprint density at radius 1 is 1.15 bits per heavy atom. The van der Waals surface area contributed by atoms with Crippen molar-refractivity contribution < 1.29 is 9.53 Å². The van der Waals surface area contributed by atoms with Gasteiger partial charge < -0.3 is 10.1 Å². The molecule has 27 heavy (non-hydrogen) atoms. The van der Waals surface area contributed by atoms with Crippen LogP contribution < -0.4 is 10.1 Å². The molecule has 0 bridgehead atoms. The summed E-state index contributed by atoms with van der Waals surface area (Å²) >= 11 is 6.05. The van der Waals surface area contributed by atoms with Crippen LogP contribution in [0, 0.1) is 6.92 Å². The zero-order valence-electron chi connectivity index (χ0n) is 15.5. The lowest BCUT2D eigenvalue weighted by Crippen LogP contribution is -2.38. The minimum atomic E-state index is -0.138. The van der Waals surface area contributed by atoms with Crippen molar-refractivity contribution >= 4 is 29.9 Å². The Balaban J connectivity index is 0.00000261. The maximum atomic E-state index is 12.2. The molecule has 0 radical (unpaired) electrons. The second-order valence-corrected chi connectivity index (χ2v) is 7.10. The van der Waals surface area contributed by atoms with Crippen molar-refractivity contribution in [3.05, 3.63) is 64.7 Å². The molecule has 146 valence electrons. The van der Waals surface area contributed by atoms with Crippen LogP contribution in [0.5, 0.6) is 5.75 Å². The number of para-hydroxylation sites is 1. The standard InChI is InChI=1S/C21H25ClN2O2.ClH/c1-16-8-10-17(11-9-16)19(24-12-4-5-13-24)14-23-21(25)15-26-20-7-3-2-6-18(20)22;/h2-3,6-11,19H,4-5,12-15H2,1H3,(H,23,25);1H. The summed E-state index contributed by atoms with van der Waals surface area (Å²) in [4.78, 5) is 14.7. The summed E-state index contributed by atoms with van der Waals surface area (Å²) < 4.78 is 5.52. The van der Waals surface area contributed by atoms with Crippen LogP contribution in [-0.4, -0.2) is 37.0 Å². The van der Waals surface area contributed by atoms with E-state index in [1.54, 1.807) is 12.1 Å². The molecule has 2 aromatic rings. The normalized spacial score (nSPS) is 15.0. The van der Waals surface area contributed by atoms with Crippen molar-refractivity contribution in [2.75, 3.05) is 26.2 Å². The monoisotopic (exact) mass is 408 g/mol. The van der Waals surface area contributed by atoms with E-state index in [-0.39, 0.29) is 31.0 Å². The predicted octanol–water partition coefficient (Wildman–Crippen LogP) is 4.40. The van der Waals surface area contributed by atoms with Gasteiger partial charge in [0.2, 0.25) is 0 Å². The number of hydrogen-bond acceptors (Lipinski definition) is 3. The van der Waals surface area contributed by atoms with Gasteiger partial charge in [0.05, 0.1) is 11.1 Å². The Bertz CT molecular complexity index is 731. The van der Waals surface area contributed by atoms with Gasteiger partial charge in [0.1, 0.15) is 5.75 Å². The van der Waals surface area contributed by atoms with Crippen LogP contribution in [0.3, 0.4) is 0 Å². The van der Waals surface area contributed by atoms with Gasteiger partial charge in [-0.1, -0.05) is 53.6 Å². The number of carbonyl (C=O) groups is 1. The summed E-state index contributed by atoms with van der Waals surface area (Å²) in [5.74, 6) is 0.389. The maximum absolute atomic E-state index is 12.2. The maximum Gasteiger partial charge on any atom is 0.258 e. The smallest absolute Gasteiger partial charge is 0.258 e. The van der Waals surface area contributed by atoms with Crippen molar-refractivity contribution in [2.24, 2.45) is 0 Å². The largest absolute Gasteiger partial charge is 0.482 e. The zero-order chi connectivity index (χ0) is 18.4. The molecule has 1 fully saturated rings. The van der Waals surface area contributed by atoms with Crippen LogP contribution in [0.4, 0.5) is 0 Å². The van der Waals surface area contributed by atoms with Gasteiger partial charge in [-0.25, -0.2) is 0 Å². The third-order valence-corrected chi connectivity index (χ3v) is 5.04. The lowest BCUT2D eigenvalue weighted by molar-refractivity contribution is -0.123. The number of amides is 1. The molecule has 2 aromatic carbocycles. The minimum Gasteiger partial charge on any atom is -0.482 e. The van der Waals surface area contributed by atoms with E-state index in [0.717, 1.165) is 13.1 Å². The summed E-state index contributed by atoms with van der Waals surface area (Å²) in [5.41, 5.74) is 2.48. The SMILES string of the molecule is Cc1ccc(C(CNC(=O)COc2ccccc2Cl)N2CCCC2)cc1.Cl. The second-order valence-electron chi connectivity index (χ2n) is 6.69. The predicted molar refractivity (Wildman–Crippen MR) is 112 cm³/mol. The molecule has 1 amide bonds. The number of nitrogens with one attached hydrogen (secondary N) is 1. The molecule has 1 aliphatic rings. The highest BCUT2D eigenvalue weighted by Crippen LogP contribution is 2.25. The molecule has 0 spiro atoms. The van der Waals surface area contributed by atoms with Gasteiger partial charge >= 0.3 is 0 Å². The molecule has 1 N–H and O–H groups in total. The third kappa shape index (κ3) is 6.13. The van der Waals surface area contributed by atoms with Crippen LogP contribution in [0.1, 0.15) is 30.0 Å². The molecule has 0 aliphatic carbocycles. The molecule has 0 aromatic heterocycles. The van der Waals surface area contributed by atoms with Gasteiger partial charge in [0.15, 0.2) is 6.61 Å². The second kappa shape index (κ2) is 10.5. The van der Waals surface area contributed by atoms with Gasteiger partial charge in [0, 0.05) is 6.54 Å². The van der Waals surface area contributed by atoms with Crippen molar-refractivity contribution in [1.29, 1.82) is 0 Å². The number of rotatable bonds is 7. The molecule has 1 atom stereocenters. The number of carbonyl (C=O) groups excluding carboxylic acids is 1. The van der Waals surface area contributed by atoms with Crippen molar-refractivity contribution in [2.45, 2.75) is 25.8 Å². The van der Waals surface area contributed by atoms with Crippen molar-refractivity contribution in [3.63, 3.8) is 0 Å². The van der Waals surface area contributed by atoms with Crippen LogP contribution in [0.15, 0.2) is 48.5 Å². The van der Waals surface area contributed by atoms with E-state index < -0.39 is 0 Å². The van der Waals surface area contributed by atoms with Crippen LogP contribution in [0.25, 0.3) is 0 Å². The molecule has 3 rings (SSSR count). The van der Waals surface area contributed by atoms with Crippen LogP contribution >= 0.6 is 24.0 Å². The number of ether oxygens (including phenoxy) is 1. The number of benzene rings is 2. The summed E-state index contributed by atoms with van der Waals surface area (Å²) in [7, 11) is 0. The Morgan fingerprint density at radius 2 is 1.81 bits per heavy atom. The highest BCUT2D eigenvalue weighted by molar-refractivity contribution is 6.32. The fraction of sp³-hybridized carbons (Fsp3) is 0.381. The van der Waals surface area contributed by atoms with E-state index in [4.69, 9.17) is 16.3 Å². The van der Waals surface area contributed by atoms with Crippen LogP contribution in [-0.2, 0) is 4.79 Å². The van der Waals surface area contributed by atoms with E-state index >= 15 is 0 Å². The zero-order valence-corrected chi connectivity index (χ0v) is 17.1. The highest BCUT2D eigenvalue weighted by Gasteiger charge is 2.24. The first-order valence-corrected chi connectivity index (χ1v) is 9.46. The van der Waals surface area contributed by atoms with E-state index in [1.807, 2.05) is 12.1 Å². The molecule has 6 heteroatoms. The number of nitrogens with zero attached hydrogens (tertiary/aromatic N) is 1. The summed E-state index contributed by atoms with van der Waals surface area (Å²) in [6.07, 6.45) is 2.43. The van der Waals surface area contributed by atoms with Crippen molar-refractivity contribution in [1.82, 2.24) is 10.2 Å². The molecular weight excluding hydrogens is 383 g/mol. The van der Waals surface area contributed by atoms with Crippen molar-refractivity contribution in [3.8, 4) is 5.75 Å². The van der Waals surface area contributed by atoms with Gasteiger partial charge in [-0.3, -0.25) is 9.69 Å². The van der Waals surface area contributed by atoms with E-state index in [2.05, 4.69) is 41.4 Å². The molecule has 1 saturated heterocycles. The fourth-order valence-electron chi connectivity index (χ4n) is 3.27. The molecule has 1 unspecified atom stereocenters. The Morgan fingerprint density at radius 3 is 2.48 bits per heavy atom. The first-order chi connectivity index (χ1) is 12.6. The highest BCUT2D eigenvalue weighted by atomic mass is 35.5. The molecule has 4 nitrogen and oxygen atoms in total. The third-order valence-electron chi connectivity index (χ3n) is 4.73. The number of aryl methyl sites for hydroxylation is 1. The van der Waals surface area contributed by atoms with E-state index in [9.17, 15) is 4.79 Å². The number of likely N-dealkylation sites (tertiary alicyclic amines) is 1. The molecule has 1 aliphatic heterocycles. The molecular formula is C21H26Cl2N2O2. The summed E-state index contributed by atoms with van der Waals surface area (Å²) in [5, 5.41) is 3.52. The molecule has 1 heterocycles. The Labute approximate surface area is 172 Å². The Kier molecular flexibility index (Phi) is 8.42. The van der Waals surface area contributed by atoms with Crippen LogP contribution in [0.2, 0.25) is 5.02 Å². The molecule has 0 saturated carbocycles. The van der Waals surface area contributed by atoms with E-state index in [0.29, 0.717) is 17.3 Å². The first kappa shape index (κ1) is 21.5. The minimum absolute atomic E-state index is 0.